The van der Waals surface area contributed by atoms with Crippen molar-refractivity contribution in [2.24, 2.45) is 0 Å². The van der Waals surface area contributed by atoms with E-state index in [1.807, 2.05) is 66.7 Å². The molecule has 11 aromatic carbocycles. The maximum atomic E-state index is 17.6. The molecule has 0 N–H and O–H groups in total. The van der Waals surface area contributed by atoms with Gasteiger partial charge in [-0.15, -0.1) is 0 Å². The summed E-state index contributed by atoms with van der Waals surface area (Å²) >= 11 is 0. The zero-order valence-corrected chi connectivity index (χ0v) is 34.8. The molecule has 0 amide bonds. The number of hydrogen-bond acceptors (Lipinski definition) is 2. The fraction of sp³-hybridized carbons (Fsp3) is 0. The molecule has 12 rings (SSSR count). The van der Waals surface area contributed by atoms with Crippen molar-refractivity contribution in [3.05, 3.63) is 242 Å². The lowest BCUT2D eigenvalue weighted by Crippen LogP contribution is -2.54. The van der Waals surface area contributed by atoms with Crippen molar-refractivity contribution in [3.63, 3.8) is 0 Å². The highest BCUT2D eigenvalue weighted by Gasteiger charge is 2.32. The zero-order chi connectivity index (χ0) is 42.6. The fourth-order valence-electron chi connectivity index (χ4n) is 9.98. The molecule has 0 atom stereocenters. The van der Waals surface area contributed by atoms with E-state index in [1.165, 1.54) is 0 Å². The first kappa shape index (κ1) is 37.5. The van der Waals surface area contributed by atoms with Crippen molar-refractivity contribution >= 4 is 72.5 Å². The lowest BCUT2D eigenvalue weighted by Gasteiger charge is -2.28. The minimum atomic E-state index is -0.436. The molecule has 0 spiro atoms. The third kappa shape index (κ3) is 6.34. The third-order valence-electron chi connectivity index (χ3n) is 12.8. The van der Waals surface area contributed by atoms with Crippen LogP contribution in [0.2, 0.25) is 0 Å². The number of fused-ring (bicyclic) bond motifs is 6. The molecule has 0 unspecified atom stereocenters. The molecular formula is C60H39BFNO. The lowest BCUT2D eigenvalue weighted by atomic mass is 9.35. The maximum Gasteiger partial charge on any atom is 0.246 e. The molecule has 2 nitrogen and oxygen atoms in total. The quantitative estimate of drug-likeness (QED) is 0.112. The van der Waals surface area contributed by atoms with E-state index in [1.54, 1.807) is 6.07 Å². The zero-order valence-electron chi connectivity index (χ0n) is 34.8. The fourth-order valence-corrected chi connectivity index (χ4v) is 9.98. The highest BCUT2D eigenvalue weighted by molar-refractivity contribution is 6.98. The number of halogens is 1. The van der Waals surface area contributed by atoms with Crippen LogP contribution in [-0.2, 0) is 0 Å². The average molecular weight is 820 g/mol. The van der Waals surface area contributed by atoms with Gasteiger partial charge in [0.1, 0.15) is 17.3 Å². The van der Waals surface area contributed by atoms with Crippen LogP contribution in [0, 0.1) is 5.82 Å². The van der Waals surface area contributed by atoms with Gasteiger partial charge in [-0.3, -0.25) is 0 Å². The minimum absolute atomic E-state index is 0.238. The van der Waals surface area contributed by atoms with Crippen LogP contribution >= 0.6 is 0 Å². The standard InChI is InChI=1S/C60H39BFNO/c62-56-36-42(40-19-6-1-7-20-40)35-51(41-21-8-2-9-22-41)60(56)61(43-23-10-3-11-24-43)55-39-53-50-31-18-32-57-59(50)54(38-52(53)47-29-16-17-30-48(47)55)49-34-33-46(37-58(49)64-57)63(44-25-12-4-13-26-44)45-27-14-5-15-28-45/h1-39H. The van der Waals surface area contributed by atoms with Gasteiger partial charge in [0.2, 0.25) is 6.71 Å². The summed E-state index contributed by atoms with van der Waals surface area (Å²) in [5.41, 5.74) is 11.7. The second kappa shape index (κ2) is 15.6. The van der Waals surface area contributed by atoms with Gasteiger partial charge in [0, 0.05) is 34.1 Å². The molecular weight excluding hydrogens is 780 g/mol. The van der Waals surface area contributed by atoms with Gasteiger partial charge in [0.25, 0.3) is 0 Å². The summed E-state index contributed by atoms with van der Waals surface area (Å²) in [6.07, 6.45) is 0. The minimum Gasteiger partial charge on any atom is -0.456 e. The molecule has 11 aromatic rings. The van der Waals surface area contributed by atoms with Gasteiger partial charge in [0.05, 0.1) is 0 Å². The number of nitrogens with zero attached hydrogens (tertiary/aromatic N) is 1. The Morgan fingerprint density at radius 1 is 0.359 bits per heavy atom. The predicted molar refractivity (Wildman–Crippen MR) is 268 cm³/mol. The summed E-state index contributed by atoms with van der Waals surface area (Å²) < 4.78 is 24.5. The molecule has 0 fully saturated rings. The Bertz CT molecular complexity index is 3490. The largest absolute Gasteiger partial charge is 0.456 e. The molecule has 64 heavy (non-hydrogen) atoms. The van der Waals surface area contributed by atoms with Crippen molar-refractivity contribution in [3.8, 4) is 44.9 Å². The molecule has 1 heterocycles. The number of anilines is 3. The smallest absolute Gasteiger partial charge is 0.246 e. The van der Waals surface area contributed by atoms with E-state index in [-0.39, 0.29) is 5.82 Å². The van der Waals surface area contributed by atoms with Crippen molar-refractivity contribution in [2.75, 3.05) is 4.90 Å². The number of hydrogen-bond donors (Lipinski definition) is 0. The van der Waals surface area contributed by atoms with Crippen molar-refractivity contribution in [2.45, 2.75) is 0 Å². The molecule has 300 valence electrons. The molecule has 0 aromatic heterocycles. The first-order valence-electron chi connectivity index (χ1n) is 21.8. The first-order valence-corrected chi connectivity index (χ1v) is 21.8. The highest BCUT2D eigenvalue weighted by Crippen LogP contribution is 2.51. The Morgan fingerprint density at radius 2 is 0.938 bits per heavy atom. The van der Waals surface area contributed by atoms with Crippen molar-refractivity contribution < 1.29 is 9.13 Å². The Kier molecular flexibility index (Phi) is 9.16. The summed E-state index contributed by atoms with van der Waals surface area (Å²) in [6, 6.07) is 81.8. The van der Waals surface area contributed by atoms with Gasteiger partial charge >= 0.3 is 0 Å². The van der Waals surface area contributed by atoms with Crippen LogP contribution in [0.5, 0.6) is 11.5 Å². The molecule has 0 saturated carbocycles. The molecule has 1 aliphatic rings. The number of para-hydroxylation sites is 2. The Balaban J connectivity index is 1.09. The van der Waals surface area contributed by atoms with Gasteiger partial charge in [-0.25, -0.2) is 4.39 Å². The van der Waals surface area contributed by atoms with Gasteiger partial charge in [0.15, 0.2) is 0 Å². The maximum absolute atomic E-state index is 17.6. The molecule has 0 radical (unpaired) electrons. The molecule has 1 aliphatic heterocycles. The number of ether oxygens (including phenoxy) is 1. The first-order chi connectivity index (χ1) is 31.7. The van der Waals surface area contributed by atoms with E-state index in [9.17, 15) is 0 Å². The van der Waals surface area contributed by atoms with E-state index in [2.05, 4.69) is 169 Å². The summed E-state index contributed by atoms with van der Waals surface area (Å²) in [4.78, 5) is 2.26. The SMILES string of the molecule is Fc1cc(-c2ccccc2)cc(-c2ccccc2)c1B(c1ccccc1)c1cc2c3cccc4c3c(cc2c2ccccc12)-c1ccc(N(c2ccccc2)c2ccccc2)cc1O4. The van der Waals surface area contributed by atoms with Crippen LogP contribution in [0.3, 0.4) is 0 Å². The molecule has 0 bridgehead atoms. The molecule has 0 saturated heterocycles. The summed E-state index contributed by atoms with van der Waals surface area (Å²) in [6.45, 7) is -0.436. The van der Waals surface area contributed by atoms with Crippen molar-refractivity contribution in [1.82, 2.24) is 0 Å². The van der Waals surface area contributed by atoms with E-state index in [0.717, 1.165) is 105 Å². The van der Waals surface area contributed by atoms with Gasteiger partial charge < -0.3 is 9.64 Å². The van der Waals surface area contributed by atoms with E-state index >= 15 is 4.39 Å². The van der Waals surface area contributed by atoms with Crippen LogP contribution in [-0.4, -0.2) is 6.71 Å². The predicted octanol–water partition coefficient (Wildman–Crippen LogP) is 14.4. The highest BCUT2D eigenvalue weighted by atomic mass is 19.1. The van der Waals surface area contributed by atoms with E-state index in [4.69, 9.17) is 4.74 Å². The Morgan fingerprint density at radius 3 is 1.62 bits per heavy atom. The average Bonchev–Trinajstić information content (AvgIpc) is 3.36. The van der Waals surface area contributed by atoms with Crippen LogP contribution < -0.4 is 26.0 Å². The van der Waals surface area contributed by atoms with E-state index < -0.39 is 6.71 Å². The number of benzene rings is 11. The topological polar surface area (TPSA) is 12.5 Å². The molecule has 0 aliphatic carbocycles. The van der Waals surface area contributed by atoms with Gasteiger partial charge in [-0.2, -0.15) is 0 Å². The van der Waals surface area contributed by atoms with E-state index in [0.29, 0.717) is 5.46 Å². The lowest BCUT2D eigenvalue weighted by molar-refractivity contribution is 0.487. The number of rotatable bonds is 8. The van der Waals surface area contributed by atoms with Gasteiger partial charge in [-0.05, 0) is 121 Å². The summed E-state index contributed by atoms with van der Waals surface area (Å²) in [5, 5.41) is 6.60. The van der Waals surface area contributed by atoms with Crippen LogP contribution in [0.15, 0.2) is 237 Å². The van der Waals surface area contributed by atoms with Crippen molar-refractivity contribution in [1.29, 1.82) is 0 Å². The van der Waals surface area contributed by atoms with Crippen LogP contribution in [0.25, 0.3) is 65.7 Å². The Labute approximate surface area is 372 Å². The third-order valence-corrected chi connectivity index (χ3v) is 12.8. The Hall–Kier alpha value is -8.21. The normalized spacial score (nSPS) is 11.6. The summed E-state index contributed by atoms with van der Waals surface area (Å²) in [7, 11) is 0. The summed E-state index contributed by atoms with van der Waals surface area (Å²) in [5.74, 6) is 1.38. The second-order valence-corrected chi connectivity index (χ2v) is 16.5. The van der Waals surface area contributed by atoms with Gasteiger partial charge in [-0.1, -0.05) is 181 Å². The molecule has 4 heteroatoms. The van der Waals surface area contributed by atoms with Crippen LogP contribution in [0.4, 0.5) is 21.5 Å². The van der Waals surface area contributed by atoms with Crippen LogP contribution in [0.1, 0.15) is 0 Å². The second-order valence-electron chi connectivity index (χ2n) is 16.5. The monoisotopic (exact) mass is 819 g/mol.